The highest BCUT2D eigenvalue weighted by molar-refractivity contribution is 6.30. The second-order valence-corrected chi connectivity index (χ2v) is 5.05. The van der Waals surface area contributed by atoms with Crippen LogP contribution >= 0.6 is 11.6 Å². The molecule has 2 aromatic rings. The average Bonchev–Trinajstić information content (AvgIpc) is 2.45. The maximum absolute atomic E-state index is 10.1. The molecule has 0 aliphatic heterocycles. The Labute approximate surface area is 119 Å². The molecule has 3 heteroatoms. The molecule has 0 spiro atoms. The highest BCUT2D eigenvalue weighted by Crippen LogP contribution is 2.18. The van der Waals surface area contributed by atoms with Crippen LogP contribution in [0.3, 0.4) is 0 Å². The lowest BCUT2D eigenvalue weighted by molar-refractivity contribution is 0.171. The summed E-state index contributed by atoms with van der Waals surface area (Å²) in [4.78, 5) is 0. The minimum Gasteiger partial charge on any atom is -0.387 e. The number of aliphatic hydroxyl groups excluding tert-OH is 1. The van der Waals surface area contributed by atoms with Gasteiger partial charge >= 0.3 is 0 Å². The molecule has 2 N–H and O–H groups in total. The molecule has 2 rings (SSSR count). The SMILES string of the molecule is C[C@@H](NCC(O)c1ccccc1)c1cccc(Cl)c1. The first-order chi connectivity index (χ1) is 9.16. The van der Waals surface area contributed by atoms with Crippen LogP contribution in [0.15, 0.2) is 54.6 Å². The maximum atomic E-state index is 10.1. The Morgan fingerprint density at radius 2 is 1.74 bits per heavy atom. The summed E-state index contributed by atoms with van der Waals surface area (Å²) in [6.45, 7) is 2.57. The highest BCUT2D eigenvalue weighted by atomic mass is 35.5. The van der Waals surface area contributed by atoms with Crippen molar-refractivity contribution in [1.29, 1.82) is 0 Å². The summed E-state index contributed by atoms with van der Waals surface area (Å²) in [7, 11) is 0. The maximum Gasteiger partial charge on any atom is 0.0914 e. The van der Waals surface area contributed by atoms with E-state index in [2.05, 4.69) is 12.2 Å². The van der Waals surface area contributed by atoms with Gasteiger partial charge in [-0.1, -0.05) is 54.1 Å². The van der Waals surface area contributed by atoms with Crippen molar-refractivity contribution >= 4 is 11.6 Å². The molecule has 100 valence electrons. The van der Waals surface area contributed by atoms with E-state index in [1.165, 1.54) is 0 Å². The molecule has 0 bridgehead atoms. The van der Waals surface area contributed by atoms with E-state index in [0.29, 0.717) is 6.54 Å². The fourth-order valence-electron chi connectivity index (χ4n) is 1.98. The summed E-state index contributed by atoms with van der Waals surface area (Å²) in [5, 5.41) is 14.1. The van der Waals surface area contributed by atoms with Crippen LogP contribution in [0, 0.1) is 0 Å². The van der Waals surface area contributed by atoms with Crippen molar-refractivity contribution in [3.8, 4) is 0 Å². The Morgan fingerprint density at radius 1 is 1.05 bits per heavy atom. The predicted octanol–water partition coefficient (Wildman–Crippen LogP) is 3.72. The second kappa shape index (κ2) is 6.71. The van der Waals surface area contributed by atoms with Crippen LogP contribution in [0.25, 0.3) is 0 Å². The molecule has 2 atom stereocenters. The molecule has 2 aromatic carbocycles. The standard InChI is InChI=1S/C16H18ClNO/c1-12(14-8-5-9-15(17)10-14)18-11-16(19)13-6-3-2-4-7-13/h2-10,12,16,18-19H,11H2,1H3/t12-,16?/m1/s1. The van der Waals surface area contributed by atoms with Crippen LogP contribution in [0.1, 0.15) is 30.2 Å². The van der Waals surface area contributed by atoms with Gasteiger partial charge in [-0.25, -0.2) is 0 Å². The lowest BCUT2D eigenvalue weighted by atomic mass is 10.1. The van der Waals surface area contributed by atoms with Crippen LogP contribution in [0.2, 0.25) is 5.02 Å². The number of aliphatic hydroxyl groups is 1. The number of benzene rings is 2. The van der Waals surface area contributed by atoms with Crippen LogP contribution in [0.4, 0.5) is 0 Å². The first kappa shape index (κ1) is 14.1. The Hall–Kier alpha value is -1.35. The molecule has 0 radical (unpaired) electrons. The van der Waals surface area contributed by atoms with Crippen molar-refractivity contribution in [1.82, 2.24) is 5.32 Å². The Balaban J connectivity index is 1.92. The molecule has 2 nitrogen and oxygen atoms in total. The van der Waals surface area contributed by atoms with Crippen molar-refractivity contribution in [2.45, 2.75) is 19.1 Å². The quantitative estimate of drug-likeness (QED) is 0.872. The highest BCUT2D eigenvalue weighted by Gasteiger charge is 2.10. The minimum absolute atomic E-state index is 0.150. The topological polar surface area (TPSA) is 32.3 Å². The lowest BCUT2D eigenvalue weighted by Crippen LogP contribution is -2.24. The molecule has 0 saturated heterocycles. The summed E-state index contributed by atoms with van der Waals surface area (Å²) >= 11 is 5.97. The van der Waals surface area contributed by atoms with E-state index in [1.807, 2.05) is 54.6 Å². The van der Waals surface area contributed by atoms with E-state index in [4.69, 9.17) is 11.6 Å². The molecule has 0 saturated carbocycles. The first-order valence-electron chi connectivity index (χ1n) is 6.38. The second-order valence-electron chi connectivity index (χ2n) is 4.61. The minimum atomic E-state index is -0.497. The van der Waals surface area contributed by atoms with Gasteiger partial charge in [0.1, 0.15) is 0 Å². The lowest BCUT2D eigenvalue weighted by Gasteiger charge is -2.18. The zero-order chi connectivity index (χ0) is 13.7. The molecule has 0 aliphatic carbocycles. The van der Waals surface area contributed by atoms with E-state index in [9.17, 15) is 5.11 Å². The average molecular weight is 276 g/mol. The largest absolute Gasteiger partial charge is 0.387 e. The van der Waals surface area contributed by atoms with Crippen molar-refractivity contribution in [2.75, 3.05) is 6.54 Å². The fourth-order valence-corrected chi connectivity index (χ4v) is 2.17. The van der Waals surface area contributed by atoms with Gasteiger partial charge in [0.2, 0.25) is 0 Å². The molecular weight excluding hydrogens is 258 g/mol. The molecule has 1 unspecified atom stereocenters. The Morgan fingerprint density at radius 3 is 2.42 bits per heavy atom. The van der Waals surface area contributed by atoms with Gasteiger partial charge in [0.05, 0.1) is 6.10 Å². The molecule has 0 heterocycles. The van der Waals surface area contributed by atoms with Crippen molar-refractivity contribution < 1.29 is 5.11 Å². The first-order valence-corrected chi connectivity index (χ1v) is 6.76. The van der Waals surface area contributed by atoms with E-state index in [0.717, 1.165) is 16.1 Å². The summed E-state index contributed by atoms with van der Waals surface area (Å²) in [5.41, 5.74) is 2.04. The van der Waals surface area contributed by atoms with Crippen LogP contribution in [0.5, 0.6) is 0 Å². The zero-order valence-corrected chi connectivity index (χ0v) is 11.6. The number of hydrogen-bond acceptors (Lipinski definition) is 2. The van der Waals surface area contributed by atoms with Gasteiger partial charge < -0.3 is 10.4 Å². The zero-order valence-electron chi connectivity index (χ0n) is 10.9. The van der Waals surface area contributed by atoms with Gasteiger partial charge in [0.25, 0.3) is 0 Å². The van der Waals surface area contributed by atoms with E-state index >= 15 is 0 Å². The molecule has 0 aliphatic rings. The van der Waals surface area contributed by atoms with Gasteiger partial charge in [-0.2, -0.15) is 0 Å². The molecule has 0 aromatic heterocycles. The number of halogens is 1. The number of hydrogen-bond donors (Lipinski definition) is 2. The van der Waals surface area contributed by atoms with E-state index in [1.54, 1.807) is 0 Å². The van der Waals surface area contributed by atoms with Crippen LogP contribution < -0.4 is 5.32 Å². The summed E-state index contributed by atoms with van der Waals surface area (Å²) in [6, 6.07) is 17.6. The van der Waals surface area contributed by atoms with Gasteiger partial charge in [-0.15, -0.1) is 0 Å². The smallest absolute Gasteiger partial charge is 0.0914 e. The predicted molar refractivity (Wildman–Crippen MR) is 79.3 cm³/mol. The van der Waals surface area contributed by atoms with Gasteiger partial charge in [-0.3, -0.25) is 0 Å². The Kier molecular flexibility index (Phi) is 4.97. The Bertz CT molecular complexity index is 515. The van der Waals surface area contributed by atoms with Crippen LogP contribution in [-0.4, -0.2) is 11.7 Å². The van der Waals surface area contributed by atoms with Gasteiger partial charge in [0.15, 0.2) is 0 Å². The normalized spacial score (nSPS) is 14.1. The molecule has 19 heavy (non-hydrogen) atoms. The van der Waals surface area contributed by atoms with E-state index < -0.39 is 6.10 Å². The fraction of sp³-hybridized carbons (Fsp3) is 0.250. The summed E-state index contributed by atoms with van der Waals surface area (Å²) < 4.78 is 0. The van der Waals surface area contributed by atoms with Crippen LogP contribution in [-0.2, 0) is 0 Å². The third kappa shape index (κ3) is 4.06. The third-order valence-corrected chi connectivity index (χ3v) is 3.39. The van der Waals surface area contributed by atoms with Crippen molar-refractivity contribution in [3.05, 3.63) is 70.7 Å². The summed E-state index contributed by atoms with van der Waals surface area (Å²) in [6.07, 6.45) is -0.497. The van der Waals surface area contributed by atoms with Crippen molar-refractivity contribution in [2.24, 2.45) is 0 Å². The monoisotopic (exact) mass is 275 g/mol. The third-order valence-electron chi connectivity index (χ3n) is 3.15. The van der Waals surface area contributed by atoms with E-state index in [-0.39, 0.29) is 6.04 Å². The van der Waals surface area contributed by atoms with Crippen molar-refractivity contribution in [3.63, 3.8) is 0 Å². The van der Waals surface area contributed by atoms with Gasteiger partial charge in [0, 0.05) is 17.6 Å². The molecule has 0 fully saturated rings. The number of rotatable bonds is 5. The molecular formula is C16H18ClNO. The van der Waals surface area contributed by atoms with Gasteiger partial charge in [-0.05, 0) is 30.2 Å². The number of nitrogens with one attached hydrogen (secondary N) is 1. The molecule has 0 amide bonds. The summed E-state index contributed by atoms with van der Waals surface area (Å²) in [5.74, 6) is 0.